The molecule has 5 heteroatoms. The summed E-state index contributed by atoms with van der Waals surface area (Å²) in [5, 5.41) is 0.561. The number of nitrogens with one attached hydrogen (secondary N) is 1. The summed E-state index contributed by atoms with van der Waals surface area (Å²) in [6, 6.07) is 7.72. The Balaban J connectivity index is 2.35. The van der Waals surface area contributed by atoms with Gasteiger partial charge in [0.25, 0.3) is 5.91 Å². The Hall–Kier alpha value is -2.14. The van der Waals surface area contributed by atoms with Crippen LogP contribution in [0.3, 0.4) is 0 Å². The molecular weight excluding hydrogens is 230 g/mol. The van der Waals surface area contributed by atoms with E-state index in [-0.39, 0.29) is 11.0 Å². The lowest BCUT2D eigenvalue weighted by molar-refractivity contribution is 0.0952. The number of nitrogens with two attached hydrogens (primary N) is 1. The van der Waals surface area contributed by atoms with Crippen LogP contribution in [0, 0.1) is 0 Å². The topological polar surface area (TPSA) is 77.1 Å². The highest BCUT2D eigenvalue weighted by atomic mass is 16.2. The van der Waals surface area contributed by atoms with Gasteiger partial charge in [-0.2, -0.15) is 0 Å². The number of pyridine rings is 1. The molecule has 1 aromatic carbocycles. The molecule has 1 fully saturated rings. The average Bonchev–Trinajstić information content (AvgIpc) is 3.23. The zero-order valence-electron chi connectivity index (χ0n) is 9.72. The third kappa shape index (κ3) is 1.60. The molecule has 1 heterocycles. The average molecular weight is 243 g/mol. The molecule has 0 atom stereocenters. The van der Waals surface area contributed by atoms with Gasteiger partial charge in [0.2, 0.25) is 5.43 Å². The molecule has 1 saturated carbocycles. The Bertz CT molecular complexity index is 686. The molecule has 1 aromatic heterocycles. The summed E-state index contributed by atoms with van der Waals surface area (Å²) in [6.45, 7) is 0. The number of fused-ring (bicyclic) bond motifs is 1. The summed E-state index contributed by atoms with van der Waals surface area (Å²) in [6.07, 6.45) is 3.78. The van der Waals surface area contributed by atoms with Crippen molar-refractivity contribution in [3.8, 4) is 0 Å². The van der Waals surface area contributed by atoms with Crippen molar-refractivity contribution in [3.05, 3.63) is 46.2 Å². The zero-order valence-corrected chi connectivity index (χ0v) is 9.72. The normalized spacial score (nSPS) is 14.7. The summed E-state index contributed by atoms with van der Waals surface area (Å²) >= 11 is 0. The number of nitrogen functional groups attached to an aromatic ring is 1. The van der Waals surface area contributed by atoms with Crippen LogP contribution < -0.4 is 16.7 Å². The van der Waals surface area contributed by atoms with Crippen molar-refractivity contribution in [2.24, 2.45) is 5.84 Å². The first-order chi connectivity index (χ1) is 8.72. The van der Waals surface area contributed by atoms with Gasteiger partial charge >= 0.3 is 0 Å². The fraction of sp³-hybridized carbons (Fsp3) is 0.231. The molecule has 3 N–H and O–H groups in total. The zero-order chi connectivity index (χ0) is 12.7. The number of nitrogens with zero attached hydrogens (tertiary/aromatic N) is 1. The van der Waals surface area contributed by atoms with Crippen LogP contribution in [0.2, 0.25) is 0 Å². The van der Waals surface area contributed by atoms with Gasteiger partial charge in [0.1, 0.15) is 5.56 Å². The molecule has 18 heavy (non-hydrogen) atoms. The van der Waals surface area contributed by atoms with Crippen molar-refractivity contribution >= 4 is 16.8 Å². The molecule has 5 nitrogen and oxygen atoms in total. The quantitative estimate of drug-likeness (QED) is 0.468. The first kappa shape index (κ1) is 11.0. The second-order valence-electron chi connectivity index (χ2n) is 4.50. The van der Waals surface area contributed by atoms with Crippen molar-refractivity contribution in [3.63, 3.8) is 0 Å². The molecule has 3 rings (SSSR count). The van der Waals surface area contributed by atoms with Gasteiger partial charge in [0.05, 0.1) is 5.52 Å². The summed E-state index contributed by atoms with van der Waals surface area (Å²) in [5.41, 5.74) is 2.72. The highest BCUT2D eigenvalue weighted by Crippen LogP contribution is 2.36. The molecule has 1 amide bonds. The molecule has 92 valence electrons. The minimum atomic E-state index is -0.542. The second-order valence-corrected chi connectivity index (χ2v) is 4.50. The Kier molecular flexibility index (Phi) is 2.41. The van der Waals surface area contributed by atoms with Gasteiger partial charge in [-0.3, -0.25) is 15.0 Å². The van der Waals surface area contributed by atoms with Crippen molar-refractivity contribution < 1.29 is 4.79 Å². The molecule has 2 aromatic rings. The number of benzene rings is 1. The van der Waals surface area contributed by atoms with Crippen molar-refractivity contribution in [2.45, 2.75) is 18.9 Å². The molecule has 0 radical (unpaired) electrons. The van der Waals surface area contributed by atoms with E-state index < -0.39 is 5.91 Å². The van der Waals surface area contributed by atoms with Gasteiger partial charge in [0.15, 0.2) is 0 Å². The van der Waals surface area contributed by atoms with E-state index in [1.54, 1.807) is 18.3 Å². The Morgan fingerprint density at radius 2 is 2.06 bits per heavy atom. The van der Waals surface area contributed by atoms with Crippen molar-refractivity contribution in [1.82, 2.24) is 9.99 Å². The summed E-state index contributed by atoms with van der Waals surface area (Å²) in [7, 11) is 0. The predicted molar refractivity (Wildman–Crippen MR) is 68.1 cm³/mol. The van der Waals surface area contributed by atoms with Crippen molar-refractivity contribution in [1.29, 1.82) is 0 Å². The number of hydrogen-bond donors (Lipinski definition) is 2. The van der Waals surface area contributed by atoms with E-state index in [9.17, 15) is 9.59 Å². The molecular formula is C13H13N3O2. The summed E-state index contributed by atoms with van der Waals surface area (Å²) in [4.78, 5) is 23.8. The number of hydrazine groups is 1. The van der Waals surface area contributed by atoms with E-state index in [2.05, 4.69) is 0 Å². The molecule has 1 aliphatic rings. The lowest BCUT2D eigenvalue weighted by Crippen LogP contribution is -2.34. The van der Waals surface area contributed by atoms with Gasteiger partial charge in [-0.05, 0) is 25.0 Å². The van der Waals surface area contributed by atoms with Gasteiger partial charge in [-0.1, -0.05) is 12.1 Å². The number of carbonyl (C=O) groups excluding carboxylic acids is 1. The Morgan fingerprint density at radius 3 is 2.72 bits per heavy atom. The smallest absolute Gasteiger partial charge is 0.270 e. The highest BCUT2D eigenvalue weighted by Gasteiger charge is 2.26. The third-order valence-corrected chi connectivity index (χ3v) is 3.26. The first-order valence-corrected chi connectivity index (χ1v) is 5.87. The molecule has 0 bridgehead atoms. The van der Waals surface area contributed by atoms with Crippen molar-refractivity contribution in [2.75, 3.05) is 0 Å². The predicted octanol–water partition coefficient (Wildman–Crippen LogP) is 0.940. The van der Waals surface area contributed by atoms with Crippen LogP contribution in [-0.2, 0) is 0 Å². The SMILES string of the molecule is NNC(=O)c1cn(C2CC2)c2ccccc2c1=O. The fourth-order valence-corrected chi connectivity index (χ4v) is 2.20. The van der Waals surface area contributed by atoms with E-state index in [4.69, 9.17) is 5.84 Å². The van der Waals surface area contributed by atoms with Crippen LogP contribution in [-0.4, -0.2) is 10.5 Å². The number of amides is 1. The maximum Gasteiger partial charge on any atom is 0.270 e. The van der Waals surface area contributed by atoms with Crippen LogP contribution in [0.4, 0.5) is 0 Å². The van der Waals surface area contributed by atoms with E-state index in [1.807, 2.05) is 22.1 Å². The van der Waals surface area contributed by atoms with Crippen LogP contribution >= 0.6 is 0 Å². The standard InChI is InChI=1S/C13H13N3O2/c14-15-13(18)10-7-16(8-5-6-8)11-4-2-1-3-9(11)12(10)17/h1-4,7-8H,5-6,14H2,(H,15,18). The Labute approximate surface area is 103 Å². The minimum absolute atomic E-state index is 0.100. The van der Waals surface area contributed by atoms with Gasteiger partial charge in [-0.15, -0.1) is 0 Å². The largest absolute Gasteiger partial charge is 0.343 e. The molecule has 0 saturated heterocycles. The van der Waals surface area contributed by atoms with E-state index in [0.717, 1.165) is 18.4 Å². The fourth-order valence-electron chi connectivity index (χ4n) is 2.20. The minimum Gasteiger partial charge on any atom is -0.343 e. The first-order valence-electron chi connectivity index (χ1n) is 5.87. The van der Waals surface area contributed by atoms with Crippen LogP contribution in [0.5, 0.6) is 0 Å². The van der Waals surface area contributed by atoms with E-state index in [1.165, 1.54) is 0 Å². The van der Waals surface area contributed by atoms with Gasteiger partial charge < -0.3 is 4.57 Å². The molecule has 0 spiro atoms. The summed E-state index contributed by atoms with van der Waals surface area (Å²) in [5.74, 6) is 4.57. The monoisotopic (exact) mass is 243 g/mol. The van der Waals surface area contributed by atoms with E-state index >= 15 is 0 Å². The highest BCUT2D eigenvalue weighted by molar-refractivity contribution is 5.97. The molecule has 0 unspecified atom stereocenters. The van der Waals surface area contributed by atoms with E-state index in [0.29, 0.717) is 11.4 Å². The van der Waals surface area contributed by atoms with Gasteiger partial charge in [0, 0.05) is 17.6 Å². The third-order valence-electron chi connectivity index (χ3n) is 3.26. The number of rotatable bonds is 2. The lowest BCUT2D eigenvalue weighted by Gasteiger charge is -2.11. The number of aromatic nitrogens is 1. The maximum absolute atomic E-state index is 12.2. The number of carbonyl (C=O) groups is 1. The molecule has 1 aliphatic carbocycles. The number of hydrogen-bond acceptors (Lipinski definition) is 3. The summed E-state index contributed by atoms with van der Waals surface area (Å²) < 4.78 is 2.00. The maximum atomic E-state index is 12.2. The van der Waals surface area contributed by atoms with Crippen LogP contribution in [0.1, 0.15) is 29.2 Å². The van der Waals surface area contributed by atoms with Crippen LogP contribution in [0.25, 0.3) is 10.9 Å². The second kappa shape index (κ2) is 3.96. The molecule has 0 aliphatic heterocycles. The van der Waals surface area contributed by atoms with Crippen LogP contribution in [0.15, 0.2) is 35.3 Å². The van der Waals surface area contributed by atoms with Gasteiger partial charge in [-0.25, -0.2) is 5.84 Å². The lowest BCUT2D eigenvalue weighted by atomic mass is 10.1. The number of para-hydroxylation sites is 1. The Morgan fingerprint density at radius 1 is 1.33 bits per heavy atom.